The van der Waals surface area contributed by atoms with Crippen molar-refractivity contribution in [1.29, 1.82) is 0 Å². The number of amides is 1. The number of aromatic nitrogens is 2. The zero-order valence-electron chi connectivity index (χ0n) is 20.3. The second-order valence-corrected chi connectivity index (χ2v) is 9.54. The third-order valence-electron chi connectivity index (χ3n) is 7.18. The standard InChI is InChI=1S/C29H32N4O3/c34-28-30-24-14-7-8-15-25(24)33(28)27-17-19-32(29(35)36)26(27)16-9-18-31(20-22-10-3-1-4-11-22)21-23-12-5-2-6-13-23/h1-8,10-15,26-27H,9,16-21H2,(H,30,34)(H,35,36)/t26-,27?/m0/s1. The van der Waals surface area contributed by atoms with E-state index in [1.54, 1.807) is 4.57 Å². The molecular formula is C29H32N4O3. The minimum atomic E-state index is -0.916. The van der Waals surface area contributed by atoms with Crippen LogP contribution in [0, 0.1) is 0 Å². The van der Waals surface area contributed by atoms with E-state index >= 15 is 0 Å². The fourth-order valence-corrected chi connectivity index (χ4v) is 5.55. The molecule has 0 saturated carbocycles. The molecule has 2 N–H and O–H groups in total. The molecule has 0 aliphatic carbocycles. The second kappa shape index (κ2) is 10.8. The quantitative estimate of drug-likeness (QED) is 0.346. The SMILES string of the molecule is O=C(O)N1CCC(n2c(=O)[nH]c3ccccc32)[C@@H]1CCCN(Cc1ccccc1)Cc1ccccc1. The fourth-order valence-electron chi connectivity index (χ4n) is 5.55. The summed E-state index contributed by atoms with van der Waals surface area (Å²) in [5.74, 6) is 0. The predicted molar refractivity (Wildman–Crippen MR) is 141 cm³/mol. The van der Waals surface area contributed by atoms with Crippen LogP contribution in [0.1, 0.15) is 36.4 Å². The van der Waals surface area contributed by atoms with Crippen LogP contribution in [-0.4, -0.2) is 49.7 Å². The van der Waals surface area contributed by atoms with Crippen molar-refractivity contribution in [3.05, 3.63) is 107 Å². The first-order valence-corrected chi connectivity index (χ1v) is 12.6. The minimum Gasteiger partial charge on any atom is -0.465 e. The molecule has 3 aromatic carbocycles. The average molecular weight is 485 g/mol. The maximum atomic E-state index is 12.9. The van der Waals surface area contributed by atoms with Crippen LogP contribution in [0.3, 0.4) is 0 Å². The van der Waals surface area contributed by atoms with Crippen LogP contribution in [0.25, 0.3) is 11.0 Å². The maximum Gasteiger partial charge on any atom is 0.407 e. The molecule has 0 radical (unpaired) electrons. The average Bonchev–Trinajstić information content (AvgIpc) is 3.45. The van der Waals surface area contributed by atoms with E-state index in [0.29, 0.717) is 19.4 Å². The first-order chi connectivity index (χ1) is 17.6. The molecule has 1 fully saturated rings. The predicted octanol–water partition coefficient (Wildman–Crippen LogP) is 5.11. The normalized spacial score (nSPS) is 17.8. The Bertz CT molecular complexity index is 1310. The maximum absolute atomic E-state index is 12.9. The van der Waals surface area contributed by atoms with Gasteiger partial charge in [0.2, 0.25) is 0 Å². The molecule has 4 aromatic rings. The molecule has 5 rings (SSSR count). The van der Waals surface area contributed by atoms with Crippen LogP contribution >= 0.6 is 0 Å². The lowest BCUT2D eigenvalue weighted by atomic mass is 10.0. The number of nitrogens with zero attached hydrogens (tertiary/aromatic N) is 3. The van der Waals surface area contributed by atoms with Gasteiger partial charge in [0.05, 0.1) is 23.1 Å². The first kappa shape index (κ1) is 23.9. The second-order valence-electron chi connectivity index (χ2n) is 9.54. The summed E-state index contributed by atoms with van der Waals surface area (Å²) < 4.78 is 1.77. The number of carboxylic acid groups (broad SMARTS) is 1. The highest BCUT2D eigenvalue weighted by molar-refractivity contribution is 5.75. The lowest BCUT2D eigenvalue weighted by Gasteiger charge is -2.28. The number of H-pyrrole nitrogens is 1. The molecule has 1 aliphatic heterocycles. The van der Waals surface area contributed by atoms with Crippen LogP contribution < -0.4 is 5.69 Å². The van der Waals surface area contributed by atoms with Crippen LogP contribution in [0.2, 0.25) is 0 Å². The van der Waals surface area contributed by atoms with E-state index in [2.05, 4.69) is 58.4 Å². The van der Waals surface area contributed by atoms with E-state index in [9.17, 15) is 14.7 Å². The van der Waals surface area contributed by atoms with Crippen molar-refractivity contribution in [3.63, 3.8) is 0 Å². The lowest BCUT2D eigenvalue weighted by molar-refractivity contribution is 0.129. The summed E-state index contributed by atoms with van der Waals surface area (Å²) in [6.07, 6.45) is 1.25. The van der Waals surface area contributed by atoms with Crippen LogP contribution in [-0.2, 0) is 13.1 Å². The Morgan fingerprint density at radius 3 is 2.17 bits per heavy atom. The van der Waals surface area contributed by atoms with Crippen molar-refractivity contribution in [1.82, 2.24) is 19.4 Å². The molecule has 7 heteroatoms. The monoisotopic (exact) mass is 484 g/mol. The van der Waals surface area contributed by atoms with E-state index in [4.69, 9.17) is 0 Å². The minimum absolute atomic E-state index is 0.173. The Kier molecular flexibility index (Phi) is 7.18. The van der Waals surface area contributed by atoms with Gasteiger partial charge in [-0.25, -0.2) is 9.59 Å². The van der Waals surface area contributed by atoms with E-state index < -0.39 is 6.09 Å². The Hall–Kier alpha value is -3.84. The molecule has 2 atom stereocenters. The number of rotatable bonds is 9. The molecule has 36 heavy (non-hydrogen) atoms. The summed E-state index contributed by atoms with van der Waals surface area (Å²) in [7, 11) is 0. The highest BCUT2D eigenvalue weighted by Crippen LogP contribution is 2.33. The molecule has 7 nitrogen and oxygen atoms in total. The third-order valence-corrected chi connectivity index (χ3v) is 7.18. The Morgan fingerprint density at radius 2 is 1.53 bits per heavy atom. The van der Waals surface area contributed by atoms with Crippen LogP contribution in [0.5, 0.6) is 0 Å². The van der Waals surface area contributed by atoms with E-state index in [0.717, 1.165) is 37.1 Å². The number of benzene rings is 3. The first-order valence-electron chi connectivity index (χ1n) is 12.6. The number of para-hydroxylation sites is 2. The molecule has 1 aromatic heterocycles. The summed E-state index contributed by atoms with van der Waals surface area (Å²) in [5.41, 5.74) is 3.95. The van der Waals surface area contributed by atoms with Gasteiger partial charge in [0.15, 0.2) is 0 Å². The number of carbonyl (C=O) groups is 1. The number of hydrogen-bond acceptors (Lipinski definition) is 3. The summed E-state index contributed by atoms with van der Waals surface area (Å²) in [6.45, 7) is 2.93. The number of fused-ring (bicyclic) bond motifs is 1. The zero-order chi connectivity index (χ0) is 24.9. The molecule has 2 heterocycles. The molecule has 0 spiro atoms. The molecule has 1 unspecified atom stereocenters. The van der Waals surface area contributed by atoms with Gasteiger partial charge in [-0.15, -0.1) is 0 Å². The van der Waals surface area contributed by atoms with Gasteiger partial charge < -0.3 is 15.0 Å². The van der Waals surface area contributed by atoms with Crippen LogP contribution in [0.15, 0.2) is 89.7 Å². The Morgan fingerprint density at radius 1 is 0.917 bits per heavy atom. The number of aromatic amines is 1. The Labute approximate surface area is 210 Å². The highest BCUT2D eigenvalue weighted by Gasteiger charge is 2.39. The van der Waals surface area contributed by atoms with Gasteiger partial charge in [0, 0.05) is 19.6 Å². The van der Waals surface area contributed by atoms with E-state index in [1.807, 2.05) is 36.4 Å². The van der Waals surface area contributed by atoms with Crippen molar-refractivity contribution in [2.75, 3.05) is 13.1 Å². The van der Waals surface area contributed by atoms with Gasteiger partial charge in [-0.2, -0.15) is 0 Å². The number of likely N-dealkylation sites (tertiary alicyclic amines) is 1. The van der Waals surface area contributed by atoms with Crippen molar-refractivity contribution in [3.8, 4) is 0 Å². The van der Waals surface area contributed by atoms with Crippen molar-refractivity contribution in [2.45, 2.75) is 44.4 Å². The van der Waals surface area contributed by atoms with Crippen molar-refractivity contribution < 1.29 is 9.90 Å². The summed E-state index contributed by atoms with van der Waals surface area (Å²) >= 11 is 0. The van der Waals surface area contributed by atoms with Gasteiger partial charge in [-0.1, -0.05) is 72.8 Å². The van der Waals surface area contributed by atoms with Crippen molar-refractivity contribution in [2.24, 2.45) is 0 Å². The number of nitrogens with one attached hydrogen (secondary N) is 1. The molecule has 1 amide bonds. The smallest absolute Gasteiger partial charge is 0.407 e. The summed E-state index contributed by atoms with van der Waals surface area (Å²) in [6, 6.07) is 28.0. The van der Waals surface area contributed by atoms with Crippen LogP contribution in [0.4, 0.5) is 4.79 Å². The third kappa shape index (κ3) is 5.21. The van der Waals surface area contributed by atoms with Gasteiger partial charge in [0.25, 0.3) is 0 Å². The largest absolute Gasteiger partial charge is 0.465 e. The molecule has 0 bridgehead atoms. The van der Waals surface area contributed by atoms with E-state index in [-0.39, 0.29) is 17.8 Å². The molecule has 1 saturated heterocycles. The summed E-state index contributed by atoms with van der Waals surface area (Å²) in [4.78, 5) is 31.8. The molecule has 186 valence electrons. The van der Waals surface area contributed by atoms with Gasteiger partial charge in [0.1, 0.15) is 0 Å². The van der Waals surface area contributed by atoms with Gasteiger partial charge in [-0.05, 0) is 49.1 Å². The highest BCUT2D eigenvalue weighted by atomic mass is 16.4. The number of imidazole rings is 1. The van der Waals surface area contributed by atoms with Crippen molar-refractivity contribution >= 4 is 17.1 Å². The van der Waals surface area contributed by atoms with Gasteiger partial charge in [-0.3, -0.25) is 9.47 Å². The summed E-state index contributed by atoms with van der Waals surface area (Å²) in [5, 5.41) is 9.90. The molecule has 1 aliphatic rings. The van der Waals surface area contributed by atoms with E-state index in [1.165, 1.54) is 16.0 Å². The zero-order valence-corrected chi connectivity index (χ0v) is 20.3. The topological polar surface area (TPSA) is 81.6 Å². The Balaban J connectivity index is 1.33. The number of hydrogen-bond donors (Lipinski definition) is 2. The van der Waals surface area contributed by atoms with Gasteiger partial charge >= 0.3 is 11.8 Å². The lowest BCUT2D eigenvalue weighted by Crippen LogP contribution is -2.39. The molecular weight excluding hydrogens is 452 g/mol. The fraction of sp³-hybridized carbons (Fsp3) is 0.310.